The summed E-state index contributed by atoms with van der Waals surface area (Å²) in [6.45, 7) is 0. The first-order valence-electron chi connectivity index (χ1n) is 11.1. The summed E-state index contributed by atoms with van der Waals surface area (Å²) in [6.07, 6.45) is 0.909. The van der Waals surface area contributed by atoms with Crippen molar-refractivity contribution in [3.05, 3.63) is 79.2 Å². The van der Waals surface area contributed by atoms with Crippen LogP contribution in [-0.4, -0.2) is 22.0 Å². The topological polar surface area (TPSA) is 70.2 Å². The minimum atomic E-state index is -0.267. The van der Waals surface area contributed by atoms with Gasteiger partial charge >= 0.3 is 4.87 Å². The van der Waals surface area contributed by atoms with Gasteiger partial charge in [-0.1, -0.05) is 57.6 Å². The van der Waals surface area contributed by atoms with Crippen LogP contribution in [0.1, 0.15) is 22.8 Å². The fraction of sp³-hybridized carbons (Fsp3) is 0.320. The Morgan fingerprint density at radius 3 is 2.33 bits per heavy atom. The van der Waals surface area contributed by atoms with Crippen molar-refractivity contribution in [3.8, 4) is 0 Å². The van der Waals surface area contributed by atoms with Crippen LogP contribution in [0.5, 0.6) is 0 Å². The molecular formula is C25H19BrN2O3S2. The SMILES string of the molecule is O=C1C2C3CC(C2C(=O)N1c1ccc(Br)cc1)C1C3Sc2[nH]c(=O)sc2[C@@H]1c1ccccc1. The van der Waals surface area contributed by atoms with Crippen molar-refractivity contribution in [3.63, 3.8) is 0 Å². The summed E-state index contributed by atoms with van der Waals surface area (Å²) in [5.74, 6) is -0.0247. The van der Waals surface area contributed by atoms with E-state index in [0.717, 1.165) is 20.8 Å². The van der Waals surface area contributed by atoms with Crippen LogP contribution in [0.4, 0.5) is 5.69 Å². The van der Waals surface area contributed by atoms with Crippen LogP contribution < -0.4 is 9.77 Å². The highest BCUT2D eigenvalue weighted by Gasteiger charge is 2.69. The summed E-state index contributed by atoms with van der Waals surface area (Å²) >= 11 is 6.46. The first-order valence-corrected chi connectivity index (χ1v) is 13.6. The Hall–Kier alpha value is -2.16. The minimum absolute atomic E-state index is 0.0329. The maximum Gasteiger partial charge on any atom is 0.305 e. The number of fused-ring (bicyclic) bond motifs is 9. The van der Waals surface area contributed by atoms with Gasteiger partial charge < -0.3 is 4.98 Å². The van der Waals surface area contributed by atoms with Crippen LogP contribution in [0.15, 0.2) is 68.9 Å². The summed E-state index contributed by atoms with van der Waals surface area (Å²) in [7, 11) is 0. The number of carbonyl (C=O) groups excluding carboxylic acids is 2. The van der Waals surface area contributed by atoms with E-state index in [9.17, 15) is 14.4 Å². The molecule has 0 radical (unpaired) electrons. The maximum absolute atomic E-state index is 13.7. The van der Waals surface area contributed by atoms with E-state index in [1.54, 1.807) is 11.8 Å². The molecule has 3 heterocycles. The molecule has 2 aromatic carbocycles. The van der Waals surface area contributed by atoms with Gasteiger partial charge in [-0.25, -0.2) is 0 Å². The monoisotopic (exact) mass is 538 g/mol. The molecule has 2 saturated carbocycles. The molecule has 4 aliphatic rings. The average molecular weight is 539 g/mol. The Labute approximate surface area is 206 Å². The lowest BCUT2D eigenvalue weighted by Crippen LogP contribution is -2.42. The number of nitrogens with zero attached hydrogens (tertiary/aromatic N) is 1. The van der Waals surface area contributed by atoms with Gasteiger partial charge in [-0.05, 0) is 54.0 Å². The number of benzene rings is 2. The first kappa shape index (κ1) is 20.2. The summed E-state index contributed by atoms with van der Waals surface area (Å²) in [6, 6.07) is 17.7. The van der Waals surface area contributed by atoms with E-state index in [0.29, 0.717) is 5.69 Å². The van der Waals surface area contributed by atoms with Crippen LogP contribution >= 0.6 is 39.0 Å². The summed E-state index contributed by atoms with van der Waals surface area (Å²) in [5.41, 5.74) is 1.84. The Bertz CT molecular complexity index is 1350. The average Bonchev–Trinajstić information content (AvgIpc) is 3.54. The van der Waals surface area contributed by atoms with Gasteiger partial charge in [0.2, 0.25) is 11.8 Å². The fourth-order valence-corrected chi connectivity index (χ4v) is 10.0. The van der Waals surface area contributed by atoms with E-state index >= 15 is 0 Å². The molecule has 166 valence electrons. The third-order valence-corrected chi connectivity index (χ3v) is 11.1. The number of hydrogen-bond donors (Lipinski definition) is 1. The molecule has 7 rings (SSSR count). The molecule has 3 aromatic rings. The molecule has 2 aliphatic heterocycles. The number of thioether (sulfide) groups is 1. The second-order valence-corrected chi connectivity index (χ2v) is 12.5. The van der Waals surface area contributed by atoms with Gasteiger partial charge in [-0.3, -0.25) is 19.3 Å². The van der Waals surface area contributed by atoms with Crippen LogP contribution in [0.3, 0.4) is 0 Å². The van der Waals surface area contributed by atoms with Crippen molar-refractivity contribution >= 4 is 56.5 Å². The second-order valence-electron chi connectivity index (χ2n) is 9.36. The second kappa shape index (κ2) is 7.17. The van der Waals surface area contributed by atoms with Gasteiger partial charge in [0.05, 0.1) is 22.5 Å². The predicted octanol–water partition coefficient (Wildman–Crippen LogP) is 4.88. The quantitative estimate of drug-likeness (QED) is 0.472. The van der Waals surface area contributed by atoms with E-state index in [1.807, 2.05) is 42.5 Å². The fourth-order valence-electron chi connectivity index (χ4n) is 6.90. The van der Waals surface area contributed by atoms with Crippen LogP contribution in [0.2, 0.25) is 0 Å². The number of nitrogens with one attached hydrogen (secondary N) is 1. The van der Waals surface area contributed by atoms with Crippen molar-refractivity contribution in [1.29, 1.82) is 0 Å². The number of H-pyrrole nitrogens is 1. The van der Waals surface area contributed by atoms with Crippen LogP contribution in [0, 0.1) is 29.6 Å². The summed E-state index contributed by atoms with van der Waals surface area (Å²) in [5, 5.41) is 1.17. The molecule has 1 saturated heterocycles. The van der Waals surface area contributed by atoms with E-state index in [2.05, 4.69) is 33.0 Å². The van der Waals surface area contributed by atoms with Gasteiger partial charge in [0.15, 0.2) is 0 Å². The lowest BCUT2D eigenvalue weighted by molar-refractivity contribution is -0.123. The first-order chi connectivity index (χ1) is 16.0. The predicted molar refractivity (Wildman–Crippen MR) is 132 cm³/mol. The molecular weight excluding hydrogens is 520 g/mol. The molecule has 5 nitrogen and oxygen atoms in total. The Morgan fingerprint density at radius 1 is 0.909 bits per heavy atom. The Kier molecular flexibility index (Phi) is 4.40. The number of aromatic amines is 1. The minimum Gasteiger partial charge on any atom is -0.307 e. The van der Waals surface area contributed by atoms with Crippen molar-refractivity contribution < 1.29 is 9.59 Å². The standard InChI is InChI=1S/C25H19BrN2O3S2/c26-12-6-8-13(9-7-12)28-23(29)18-14-10-15(19(18)24(28)30)20-17(14)16(11-4-2-1-3-5-11)21-22(32-20)27-25(31)33-21/h1-9,14-20H,10H2,(H,27,31)/t14?,15?,16-,17?,18?,19?,20?/m1/s1. The number of hydrogen-bond acceptors (Lipinski definition) is 5. The van der Waals surface area contributed by atoms with Gasteiger partial charge in [-0.15, -0.1) is 11.8 Å². The smallest absolute Gasteiger partial charge is 0.305 e. The molecule has 33 heavy (non-hydrogen) atoms. The maximum atomic E-state index is 13.7. The highest BCUT2D eigenvalue weighted by atomic mass is 79.9. The molecule has 2 amide bonds. The largest absolute Gasteiger partial charge is 0.307 e. The number of rotatable bonds is 2. The molecule has 0 spiro atoms. The van der Waals surface area contributed by atoms with Crippen molar-refractivity contribution in [2.45, 2.75) is 22.6 Å². The van der Waals surface area contributed by atoms with Crippen molar-refractivity contribution in [2.75, 3.05) is 4.90 Å². The van der Waals surface area contributed by atoms with Gasteiger partial charge in [0.1, 0.15) is 0 Å². The van der Waals surface area contributed by atoms with E-state index in [4.69, 9.17) is 0 Å². The number of amides is 2. The molecule has 1 N–H and O–H groups in total. The number of aromatic nitrogens is 1. The summed E-state index contributed by atoms with van der Waals surface area (Å²) in [4.78, 5) is 45.1. The van der Waals surface area contributed by atoms with Crippen LogP contribution in [-0.2, 0) is 9.59 Å². The number of imide groups is 1. The van der Waals surface area contributed by atoms with Gasteiger partial charge in [-0.2, -0.15) is 0 Å². The lowest BCUT2D eigenvalue weighted by atomic mass is 9.68. The van der Waals surface area contributed by atoms with Crippen LogP contribution in [0.25, 0.3) is 0 Å². The molecule has 1 aromatic heterocycles. The van der Waals surface area contributed by atoms with Gasteiger partial charge in [0, 0.05) is 20.5 Å². The van der Waals surface area contributed by atoms with Gasteiger partial charge in [0.25, 0.3) is 0 Å². The molecule has 2 aliphatic carbocycles. The zero-order valence-electron chi connectivity index (χ0n) is 17.3. The highest BCUT2D eigenvalue weighted by molar-refractivity contribution is 9.10. The number of carbonyl (C=O) groups is 2. The Balaban J connectivity index is 1.33. The Morgan fingerprint density at radius 2 is 1.61 bits per heavy atom. The molecule has 8 heteroatoms. The number of thiazole rings is 1. The van der Waals surface area contributed by atoms with E-state index < -0.39 is 0 Å². The van der Waals surface area contributed by atoms with Crippen molar-refractivity contribution in [1.82, 2.24) is 4.98 Å². The molecule has 3 fully saturated rings. The van der Waals surface area contributed by atoms with E-state index in [-0.39, 0.29) is 57.4 Å². The number of anilines is 1. The zero-order chi connectivity index (χ0) is 22.4. The lowest BCUT2D eigenvalue weighted by Gasteiger charge is -2.43. The number of halogens is 1. The zero-order valence-corrected chi connectivity index (χ0v) is 20.5. The molecule has 7 atom stereocenters. The highest BCUT2D eigenvalue weighted by Crippen LogP contribution is 2.68. The molecule has 6 unspecified atom stereocenters. The van der Waals surface area contributed by atoms with Crippen molar-refractivity contribution in [2.24, 2.45) is 29.6 Å². The molecule has 2 bridgehead atoms. The third kappa shape index (κ3) is 2.74. The van der Waals surface area contributed by atoms with E-state index in [1.165, 1.54) is 21.8 Å². The third-order valence-electron chi connectivity index (χ3n) is 7.97. The normalized spacial score (nSPS) is 33.8. The summed E-state index contributed by atoms with van der Waals surface area (Å²) < 4.78 is 0.916.